The highest BCUT2D eigenvalue weighted by atomic mass is 16.6. The van der Waals surface area contributed by atoms with Gasteiger partial charge in [0.15, 0.2) is 0 Å². The van der Waals surface area contributed by atoms with Gasteiger partial charge in [0.2, 0.25) is 5.91 Å². The highest BCUT2D eigenvalue weighted by Gasteiger charge is 2.20. The number of benzene rings is 2. The van der Waals surface area contributed by atoms with Crippen LogP contribution in [0.25, 0.3) is 0 Å². The number of anilines is 1. The Kier molecular flexibility index (Phi) is 6.02. The molecule has 31 heavy (non-hydrogen) atoms. The Labute approximate surface area is 181 Å². The third kappa shape index (κ3) is 4.77. The van der Waals surface area contributed by atoms with E-state index >= 15 is 0 Å². The molecule has 7 nitrogen and oxygen atoms in total. The summed E-state index contributed by atoms with van der Waals surface area (Å²) in [7, 11) is 0. The lowest BCUT2D eigenvalue weighted by atomic mass is 10.0. The highest BCUT2D eigenvalue weighted by molar-refractivity contribution is 5.94. The van der Waals surface area contributed by atoms with Crippen LogP contribution < -0.4 is 10.1 Å². The van der Waals surface area contributed by atoms with E-state index in [0.717, 1.165) is 22.5 Å². The first-order valence-electron chi connectivity index (χ1n) is 10.3. The lowest BCUT2D eigenvalue weighted by Gasteiger charge is -2.17. The molecule has 3 aromatic rings. The van der Waals surface area contributed by atoms with Crippen LogP contribution in [0.15, 0.2) is 48.5 Å². The zero-order chi connectivity index (χ0) is 21.8. The van der Waals surface area contributed by atoms with Crippen LogP contribution in [0.4, 0.5) is 5.69 Å². The van der Waals surface area contributed by atoms with Crippen molar-refractivity contribution in [1.82, 2.24) is 9.78 Å². The molecule has 160 valence electrons. The van der Waals surface area contributed by atoms with Crippen LogP contribution in [0.3, 0.4) is 0 Å². The molecule has 1 aliphatic rings. The summed E-state index contributed by atoms with van der Waals surface area (Å²) in [6, 6.07) is 15.5. The van der Waals surface area contributed by atoms with E-state index in [4.69, 9.17) is 9.47 Å². The minimum absolute atomic E-state index is 0.0331. The van der Waals surface area contributed by atoms with Gasteiger partial charge in [0.1, 0.15) is 24.5 Å². The van der Waals surface area contributed by atoms with Crippen molar-refractivity contribution in [1.29, 1.82) is 0 Å². The standard InChI is InChI=1S/C24H25N3O4/c1-16-23(17(2)27(26-16)15-18-6-4-3-5-7-18)24(29)31-13-12-30-20-9-10-21-19(14-20)8-11-22(28)25-21/h3-7,9-10,14H,8,11-13,15H2,1-2H3,(H,25,28). The van der Waals surface area contributed by atoms with Gasteiger partial charge < -0.3 is 14.8 Å². The van der Waals surface area contributed by atoms with E-state index in [2.05, 4.69) is 10.4 Å². The quantitative estimate of drug-likeness (QED) is 0.467. The lowest BCUT2D eigenvalue weighted by Crippen LogP contribution is -2.19. The van der Waals surface area contributed by atoms with Gasteiger partial charge in [-0.15, -0.1) is 0 Å². The van der Waals surface area contributed by atoms with E-state index in [1.807, 2.05) is 61.0 Å². The van der Waals surface area contributed by atoms with Gasteiger partial charge in [-0.2, -0.15) is 5.10 Å². The molecule has 1 amide bonds. The smallest absolute Gasteiger partial charge is 0.342 e. The molecule has 7 heteroatoms. The number of carbonyl (C=O) groups is 2. The van der Waals surface area contributed by atoms with Crippen LogP contribution in [-0.4, -0.2) is 34.9 Å². The maximum Gasteiger partial charge on any atom is 0.342 e. The Morgan fingerprint density at radius 3 is 2.71 bits per heavy atom. The van der Waals surface area contributed by atoms with E-state index in [-0.39, 0.29) is 19.1 Å². The molecule has 0 bridgehead atoms. The number of hydrogen-bond acceptors (Lipinski definition) is 5. The van der Waals surface area contributed by atoms with Gasteiger partial charge in [0.05, 0.1) is 17.9 Å². The van der Waals surface area contributed by atoms with Gasteiger partial charge in [-0.05, 0) is 49.6 Å². The second-order valence-corrected chi connectivity index (χ2v) is 7.54. The summed E-state index contributed by atoms with van der Waals surface area (Å²) < 4.78 is 13.0. The molecule has 4 rings (SSSR count). The number of ether oxygens (including phenoxy) is 2. The maximum absolute atomic E-state index is 12.6. The molecule has 0 radical (unpaired) electrons. The zero-order valence-corrected chi connectivity index (χ0v) is 17.7. The third-order valence-corrected chi connectivity index (χ3v) is 5.32. The van der Waals surface area contributed by atoms with Gasteiger partial charge in [0.25, 0.3) is 0 Å². The second kappa shape index (κ2) is 9.04. The normalized spacial score (nSPS) is 12.8. The molecular formula is C24H25N3O4. The molecule has 2 aromatic carbocycles. The van der Waals surface area contributed by atoms with Crippen molar-refractivity contribution in [3.63, 3.8) is 0 Å². The maximum atomic E-state index is 12.6. The SMILES string of the molecule is Cc1nn(Cc2ccccc2)c(C)c1C(=O)OCCOc1ccc2c(c1)CCC(=O)N2. The number of hydrogen-bond donors (Lipinski definition) is 1. The summed E-state index contributed by atoms with van der Waals surface area (Å²) in [5.74, 6) is 0.325. The number of esters is 1. The van der Waals surface area contributed by atoms with Crippen LogP contribution >= 0.6 is 0 Å². The molecule has 0 fully saturated rings. The molecule has 2 heterocycles. The van der Waals surface area contributed by atoms with Crippen LogP contribution in [-0.2, 0) is 22.5 Å². The molecule has 0 spiro atoms. The van der Waals surface area contributed by atoms with E-state index in [9.17, 15) is 9.59 Å². The number of aromatic nitrogens is 2. The topological polar surface area (TPSA) is 82.5 Å². The Hall–Kier alpha value is -3.61. The summed E-state index contributed by atoms with van der Waals surface area (Å²) in [6.45, 7) is 4.67. The van der Waals surface area contributed by atoms with Crippen LogP contribution in [0.5, 0.6) is 5.75 Å². The summed E-state index contributed by atoms with van der Waals surface area (Å²) in [6.07, 6.45) is 1.17. The van der Waals surface area contributed by atoms with Crippen molar-refractivity contribution in [2.24, 2.45) is 0 Å². The number of amides is 1. The summed E-state index contributed by atoms with van der Waals surface area (Å²) in [4.78, 5) is 24.1. The Bertz CT molecular complexity index is 1110. The molecule has 0 saturated carbocycles. The fourth-order valence-electron chi connectivity index (χ4n) is 3.72. The Morgan fingerprint density at radius 2 is 1.90 bits per heavy atom. The lowest BCUT2D eigenvalue weighted by molar-refractivity contribution is -0.116. The zero-order valence-electron chi connectivity index (χ0n) is 17.7. The van der Waals surface area contributed by atoms with Gasteiger partial charge >= 0.3 is 5.97 Å². The number of aryl methyl sites for hydroxylation is 2. The first-order chi connectivity index (χ1) is 15.0. The monoisotopic (exact) mass is 419 g/mol. The third-order valence-electron chi connectivity index (χ3n) is 5.32. The van der Waals surface area contributed by atoms with E-state index in [0.29, 0.717) is 36.4 Å². The predicted octanol–water partition coefficient (Wildman–Crippen LogP) is 3.67. The molecule has 0 atom stereocenters. The second-order valence-electron chi connectivity index (χ2n) is 7.54. The molecule has 1 N–H and O–H groups in total. The summed E-state index contributed by atoms with van der Waals surface area (Å²) in [5, 5.41) is 7.35. The van der Waals surface area contributed by atoms with Crippen molar-refractivity contribution in [3.8, 4) is 5.75 Å². The number of carbonyl (C=O) groups excluding carboxylic acids is 2. The number of rotatable bonds is 7. The van der Waals surface area contributed by atoms with Crippen molar-refractivity contribution < 1.29 is 19.1 Å². The van der Waals surface area contributed by atoms with Gasteiger partial charge in [-0.3, -0.25) is 9.48 Å². The van der Waals surface area contributed by atoms with Gasteiger partial charge in [-0.25, -0.2) is 4.79 Å². The minimum Gasteiger partial charge on any atom is -0.490 e. The Morgan fingerprint density at radius 1 is 1.10 bits per heavy atom. The number of fused-ring (bicyclic) bond motifs is 1. The Balaban J connectivity index is 1.32. The molecule has 1 aliphatic heterocycles. The number of nitrogens with zero attached hydrogens (tertiary/aromatic N) is 2. The first kappa shape index (κ1) is 20.7. The average Bonchev–Trinajstić information content (AvgIpc) is 3.04. The minimum atomic E-state index is -0.397. The van der Waals surface area contributed by atoms with Crippen molar-refractivity contribution in [2.45, 2.75) is 33.2 Å². The van der Waals surface area contributed by atoms with E-state index < -0.39 is 5.97 Å². The van der Waals surface area contributed by atoms with Crippen molar-refractivity contribution >= 4 is 17.6 Å². The predicted molar refractivity (Wildman–Crippen MR) is 116 cm³/mol. The molecule has 1 aromatic heterocycles. The van der Waals surface area contributed by atoms with Crippen LogP contribution in [0, 0.1) is 13.8 Å². The highest BCUT2D eigenvalue weighted by Crippen LogP contribution is 2.26. The van der Waals surface area contributed by atoms with E-state index in [1.54, 1.807) is 6.07 Å². The van der Waals surface area contributed by atoms with Crippen LogP contribution in [0.1, 0.15) is 39.3 Å². The van der Waals surface area contributed by atoms with Gasteiger partial charge in [0, 0.05) is 12.1 Å². The largest absolute Gasteiger partial charge is 0.490 e. The fraction of sp³-hybridized carbons (Fsp3) is 0.292. The summed E-state index contributed by atoms with van der Waals surface area (Å²) in [5.41, 5.74) is 4.92. The van der Waals surface area contributed by atoms with Crippen LogP contribution in [0.2, 0.25) is 0 Å². The number of nitrogens with one attached hydrogen (secondary N) is 1. The molecule has 0 aliphatic carbocycles. The first-order valence-corrected chi connectivity index (χ1v) is 10.3. The summed E-state index contributed by atoms with van der Waals surface area (Å²) >= 11 is 0. The molecule has 0 saturated heterocycles. The molecular weight excluding hydrogens is 394 g/mol. The fourth-order valence-corrected chi connectivity index (χ4v) is 3.72. The molecule has 0 unspecified atom stereocenters. The van der Waals surface area contributed by atoms with Crippen molar-refractivity contribution in [2.75, 3.05) is 18.5 Å². The van der Waals surface area contributed by atoms with Gasteiger partial charge in [-0.1, -0.05) is 30.3 Å². The van der Waals surface area contributed by atoms with Crippen molar-refractivity contribution in [3.05, 3.63) is 76.6 Å². The average molecular weight is 419 g/mol. The van der Waals surface area contributed by atoms with E-state index in [1.165, 1.54) is 0 Å².